The Morgan fingerprint density at radius 1 is 0.900 bits per heavy atom. The highest BCUT2D eigenvalue weighted by molar-refractivity contribution is 9.10. The van der Waals surface area contributed by atoms with Gasteiger partial charge in [0.05, 0.1) is 21.3 Å². The molecule has 6 nitrogen and oxygen atoms in total. The minimum absolute atomic E-state index is 0.134. The van der Waals surface area contributed by atoms with Crippen LogP contribution >= 0.6 is 27.3 Å². The second-order valence-corrected chi connectivity index (χ2v) is 11.3. The number of halogens is 1. The molecule has 0 unspecified atom stereocenters. The largest absolute Gasteiger partial charge is 0.490 e. The van der Waals surface area contributed by atoms with Gasteiger partial charge in [-0.2, -0.15) is 0 Å². The van der Waals surface area contributed by atoms with E-state index < -0.39 is 0 Å². The first-order valence-electron chi connectivity index (χ1n) is 13.0. The second kappa shape index (κ2) is 12.5. The van der Waals surface area contributed by atoms with Gasteiger partial charge in [-0.1, -0.05) is 23.8 Å². The number of rotatable bonds is 10. The molecule has 204 valence electrons. The molecule has 0 radical (unpaired) electrons. The van der Waals surface area contributed by atoms with E-state index in [0.29, 0.717) is 24.7 Å². The van der Waals surface area contributed by atoms with Crippen molar-refractivity contribution in [3.63, 3.8) is 0 Å². The lowest BCUT2D eigenvalue weighted by Crippen LogP contribution is -2.20. The van der Waals surface area contributed by atoms with Crippen LogP contribution in [0.5, 0.6) is 11.5 Å². The van der Waals surface area contributed by atoms with Crippen molar-refractivity contribution in [1.82, 2.24) is 4.98 Å². The molecule has 0 fully saturated rings. The Balaban J connectivity index is 1.22. The van der Waals surface area contributed by atoms with Gasteiger partial charge in [-0.3, -0.25) is 4.79 Å². The molecule has 1 aromatic heterocycles. The van der Waals surface area contributed by atoms with Crippen molar-refractivity contribution >= 4 is 54.8 Å². The molecule has 4 aromatic carbocycles. The van der Waals surface area contributed by atoms with E-state index in [1.165, 1.54) is 10.3 Å². The first kappa shape index (κ1) is 27.7. The standard InChI is InChI=1S/C32H30BrN3O3S/c1-4-38-28-17-22(16-26(33)31(28)39-19-30(37)35-25-10-5-20(2)6-11-25)18-34-24-12-8-23(9-13-24)32-36-27-14-7-21(3)15-29(27)40-32/h5-17,34H,4,18-19H2,1-3H3,(H,35,37). The fourth-order valence-electron chi connectivity index (χ4n) is 4.19. The molecule has 0 atom stereocenters. The highest BCUT2D eigenvalue weighted by Gasteiger charge is 2.15. The summed E-state index contributed by atoms with van der Waals surface area (Å²) in [6.07, 6.45) is 0. The van der Waals surface area contributed by atoms with Crippen LogP contribution in [0.15, 0.2) is 83.3 Å². The first-order valence-corrected chi connectivity index (χ1v) is 14.6. The number of aryl methyl sites for hydroxylation is 2. The lowest BCUT2D eigenvalue weighted by molar-refractivity contribution is -0.118. The summed E-state index contributed by atoms with van der Waals surface area (Å²) in [5.41, 5.74) is 7.24. The second-order valence-electron chi connectivity index (χ2n) is 9.46. The maximum Gasteiger partial charge on any atom is 0.262 e. The zero-order valence-corrected chi connectivity index (χ0v) is 25.0. The van der Waals surface area contributed by atoms with Crippen LogP contribution < -0.4 is 20.1 Å². The van der Waals surface area contributed by atoms with Gasteiger partial charge < -0.3 is 20.1 Å². The number of amides is 1. The molecule has 5 rings (SSSR count). The lowest BCUT2D eigenvalue weighted by atomic mass is 10.1. The van der Waals surface area contributed by atoms with Crippen LogP contribution in [0, 0.1) is 13.8 Å². The number of carbonyl (C=O) groups is 1. The van der Waals surface area contributed by atoms with Gasteiger partial charge in [0.2, 0.25) is 0 Å². The van der Waals surface area contributed by atoms with Crippen molar-refractivity contribution in [3.05, 3.63) is 100 Å². The van der Waals surface area contributed by atoms with Crippen LogP contribution in [-0.4, -0.2) is 24.1 Å². The van der Waals surface area contributed by atoms with Crippen LogP contribution in [0.3, 0.4) is 0 Å². The predicted octanol–water partition coefficient (Wildman–Crippen LogP) is 8.37. The Labute approximate surface area is 246 Å². The lowest BCUT2D eigenvalue weighted by Gasteiger charge is -2.16. The van der Waals surface area contributed by atoms with Crippen molar-refractivity contribution in [1.29, 1.82) is 0 Å². The summed E-state index contributed by atoms with van der Waals surface area (Å²) in [6.45, 7) is 6.95. The molecular formula is C32H30BrN3O3S. The quantitative estimate of drug-likeness (QED) is 0.165. The number of anilines is 2. The summed E-state index contributed by atoms with van der Waals surface area (Å²) in [5, 5.41) is 7.34. The fraction of sp³-hybridized carbons (Fsp3) is 0.188. The number of hydrogen-bond acceptors (Lipinski definition) is 6. The monoisotopic (exact) mass is 615 g/mol. The van der Waals surface area contributed by atoms with E-state index in [1.807, 2.05) is 50.2 Å². The van der Waals surface area contributed by atoms with Crippen LogP contribution in [0.25, 0.3) is 20.8 Å². The molecule has 0 aliphatic heterocycles. The highest BCUT2D eigenvalue weighted by Crippen LogP contribution is 2.37. The van der Waals surface area contributed by atoms with E-state index >= 15 is 0 Å². The van der Waals surface area contributed by atoms with Crippen LogP contribution in [0.1, 0.15) is 23.6 Å². The van der Waals surface area contributed by atoms with Gasteiger partial charge in [0.15, 0.2) is 18.1 Å². The van der Waals surface area contributed by atoms with E-state index in [9.17, 15) is 4.79 Å². The third kappa shape index (κ3) is 6.81. The third-order valence-electron chi connectivity index (χ3n) is 6.22. The molecule has 8 heteroatoms. The Morgan fingerprint density at radius 3 is 2.38 bits per heavy atom. The zero-order valence-electron chi connectivity index (χ0n) is 22.6. The third-order valence-corrected chi connectivity index (χ3v) is 7.88. The summed E-state index contributed by atoms with van der Waals surface area (Å²) in [5.74, 6) is 0.839. The van der Waals surface area contributed by atoms with Crippen molar-refractivity contribution in [2.75, 3.05) is 23.8 Å². The average molecular weight is 617 g/mol. The molecule has 0 aliphatic carbocycles. The first-order chi connectivity index (χ1) is 19.4. The van der Waals surface area contributed by atoms with Gasteiger partial charge in [-0.15, -0.1) is 11.3 Å². The average Bonchev–Trinajstić information content (AvgIpc) is 3.36. The highest BCUT2D eigenvalue weighted by atomic mass is 79.9. The molecule has 2 N–H and O–H groups in total. The van der Waals surface area contributed by atoms with Gasteiger partial charge in [0.1, 0.15) is 5.01 Å². The molecule has 0 saturated heterocycles. The number of aromatic nitrogens is 1. The molecule has 0 aliphatic rings. The number of benzene rings is 4. The van der Waals surface area contributed by atoms with Gasteiger partial charge in [-0.05, 0) is 108 Å². The molecule has 0 saturated carbocycles. The van der Waals surface area contributed by atoms with E-state index in [1.54, 1.807) is 11.3 Å². The number of fused-ring (bicyclic) bond motifs is 1. The Kier molecular flexibility index (Phi) is 8.67. The van der Waals surface area contributed by atoms with Crippen molar-refractivity contribution in [2.24, 2.45) is 0 Å². The summed E-state index contributed by atoms with van der Waals surface area (Å²) in [6, 6.07) is 26.2. The fourth-order valence-corrected chi connectivity index (χ4v) is 5.86. The maximum absolute atomic E-state index is 12.4. The number of carbonyl (C=O) groups excluding carboxylic acids is 1. The van der Waals surface area contributed by atoms with Gasteiger partial charge >= 0.3 is 0 Å². The van der Waals surface area contributed by atoms with Crippen molar-refractivity contribution < 1.29 is 14.3 Å². The molecule has 5 aromatic rings. The summed E-state index contributed by atoms with van der Waals surface area (Å²) < 4.78 is 13.6. The Hall–Kier alpha value is -3.88. The normalized spacial score (nSPS) is 10.9. The van der Waals surface area contributed by atoms with Crippen molar-refractivity contribution in [2.45, 2.75) is 27.3 Å². The number of hydrogen-bond donors (Lipinski definition) is 2. The minimum Gasteiger partial charge on any atom is -0.490 e. The number of thiazole rings is 1. The number of nitrogens with one attached hydrogen (secondary N) is 2. The summed E-state index contributed by atoms with van der Waals surface area (Å²) >= 11 is 5.31. The van der Waals surface area contributed by atoms with E-state index in [-0.39, 0.29) is 12.5 Å². The van der Waals surface area contributed by atoms with Crippen molar-refractivity contribution in [3.8, 4) is 22.1 Å². The van der Waals surface area contributed by atoms with Crippen LogP contribution in [-0.2, 0) is 11.3 Å². The molecule has 1 heterocycles. The number of nitrogens with zero attached hydrogens (tertiary/aromatic N) is 1. The Morgan fingerprint density at radius 2 is 1.62 bits per heavy atom. The summed E-state index contributed by atoms with van der Waals surface area (Å²) in [7, 11) is 0. The van der Waals surface area contributed by atoms with Gasteiger partial charge in [0.25, 0.3) is 5.91 Å². The molecular weight excluding hydrogens is 586 g/mol. The molecule has 40 heavy (non-hydrogen) atoms. The Bertz CT molecular complexity index is 1630. The van der Waals surface area contributed by atoms with Gasteiger partial charge in [0, 0.05) is 23.5 Å². The molecule has 0 bridgehead atoms. The van der Waals surface area contributed by atoms with Crippen LogP contribution in [0.4, 0.5) is 11.4 Å². The van der Waals surface area contributed by atoms with E-state index in [4.69, 9.17) is 14.5 Å². The number of ether oxygens (including phenoxy) is 2. The summed E-state index contributed by atoms with van der Waals surface area (Å²) in [4.78, 5) is 17.2. The zero-order chi connectivity index (χ0) is 28.1. The minimum atomic E-state index is -0.242. The predicted molar refractivity (Wildman–Crippen MR) is 168 cm³/mol. The SMILES string of the molecule is CCOc1cc(CNc2ccc(-c3nc4ccc(C)cc4s3)cc2)cc(Br)c1OCC(=O)Nc1ccc(C)cc1. The maximum atomic E-state index is 12.4. The molecule has 1 amide bonds. The topological polar surface area (TPSA) is 72.5 Å². The van der Waals surface area contributed by atoms with E-state index in [2.05, 4.69) is 76.0 Å². The molecule has 0 spiro atoms. The van der Waals surface area contributed by atoms with Crippen LogP contribution in [0.2, 0.25) is 0 Å². The van der Waals surface area contributed by atoms with Gasteiger partial charge in [-0.25, -0.2) is 4.98 Å². The smallest absolute Gasteiger partial charge is 0.262 e. The van der Waals surface area contributed by atoms with E-state index in [0.717, 1.165) is 43.1 Å².